The first kappa shape index (κ1) is 21.8. The highest BCUT2D eigenvalue weighted by Gasteiger charge is 2.11. The van der Waals surface area contributed by atoms with Gasteiger partial charge in [-0.25, -0.2) is 9.82 Å². The van der Waals surface area contributed by atoms with E-state index in [1.165, 1.54) is 26.5 Å². The maximum Gasteiger partial charge on any atom is 0.329 e. The number of nitrogens with one attached hydrogen (secondary N) is 2. The van der Waals surface area contributed by atoms with Gasteiger partial charge in [0.05, 0.1) is 19.9 Å². The van der Waals surface area contributed by atoms with Crippen LogP contribution in [0.5, 0.6) is 11.5 Å². The van der Waals surface area contributed by atoms with Crippen molar-refractivity contribution in [2.24, 2.45) is 5.10 Å². The second-order valence-electron chi connectivity index (χ2n) is 5.74. The van der Waals surface area contributed by atoms with Crippen LogP contribution in [0.2, 0.25) is 0 Å². The molecule has 0 saturated heterocycles. The molecule has 0 heterocycles. The lowest BCUT2D eigenvalue weighted by Crippen LogP contribution is -2.39. The molecule has 0 aliphatic heterocycles. The molecule has 0 aliphatic rings. The predicted molar refractivity (Wildman–Crippen MR) is 104 cm³/mol. The van der Waals surface area contributed by atoms with E-state index in [-0.39, 0.29) is 19.0 Å². The van der Waals surface area contributed by atoms with Gasteiger partial charge in [0.1, 0.15) is 12.4 Å². The van der Waals surface area contributed by atoms with Crippen molar-refractivity contribution in [2.75, 3.05) is 27.4 Å². The first-order valence-corrected chi connectivity index (χ1v) is 8.69. The second kappa shape index (κ2) is 11.4. The van der Waals surface area contributed by atoms with Crippen LogP contribution in [0.3, 0.4) is 0 Å². The molecular weight excluding hydrogens is 381 g/mol. The van der Waals surface area contributed by atoms with Gasteiger partial charge in [0, 0.05) is 19.2 Å². The molecule has 2 amide bonds. The van der Waals surface area contributed by atoms with E-state index >= 15 is 0 Å². The van der Waals surface area contributed by atoms with Gasteiger partial charge in [-0.1, -0.05) is 18.2 Å². The Labute approximate surface area is 167 Å². The molecule has 2 aromatic carbocycles. The maximum absolute atomic E-state index is 13.7. The van der Waals surface area contributed by atoms with Crippen LogP contribution < -0.4 is 20.2 Å². The Morgan fingerprint density at radius 1 is 1.10 bits per heavy atom. The SMILES string of the molecule is COCCNC(=O)C(=O)N/N=C\c1ccc(OCc2ccccc2F)c(OC)c1. The molecule has 2 N–H and O–H groups in total. The number of ether oxygens (including phenoxy) is 3. The highest BCUT2D eigenvalue weighted by atomic mass is 19.1. The summed E-state index contributed by atoms with van der Waals surface area (Å²) in [6.45, 7) is 0.566. The van der Waals surface area contributed by atoms with Crippen molar-refractivity contribution in [2.45, 2.75) is 6.61 Å². The third kappa shape index (κ3) is 6.89. The highest BCUT2D eigenvalue weighted by molar-refractivity contribution is 6.35. The second-order valence-corrected chi connectivity index (χ2v) is 5.74. The number of halogens is 1. The van der Waals surface area contributed by atoms with Crippen LogP contribution in [-0.4, -0.2) is 45.4 Å². The zero-order chi connectivity index (χ0) is 21.1. The molecule has 0 unspecified atom stereocenters. The summed E-state index contributed by atoms with van der Waals surface area (Å²) >= 11 is 0. The summed E-state index contributed by atoms with van der Waals surface area (Å²) in [5.41, 5.74) is 3.15. The average molecular weight is 403 g/mol. The monoisotopic (exact) mass is 403 g/mol. The van der Waals surface area contributed by atoms with Crippen LogP contribution in [0.1, 0.15) is 11.1 Å². The Balaban J connectivity index is 1.93. The average Bonchev–Trinajstić information content (AvgIpc) is 2.73. The van der Waals surface area contributed by atoms with Gasteiger partial charge in [0.15, 0.2) is 11.5 Å². The van der Waals surface area contributed by atoms with E-state index < -0.39 is 11.8 Å². The van der Waals surface area contributed by atoms with Crippen LogP contribution in [-0.2, 0) is 20.9 Å². The molecule has 0 spiro atoms. The van der Waals surface area contributed by atoms with Crippen LogP contribution in [0.25, 0.3) is 0 Å². The van der Waals surface area contributed by atoms with E-state index in [1.54, 1.807) is 36.4 Å². The summed E-state index contributed by atoms with van der Waals surface area (Å²) in [7, 11) is 2.96. The number of methoxy groups -OCH3 is 2. The zero-order valence-corrected chi connectivity index (χ0v) is 16.1. The molecule has 29 heavy (non-hydrogen) atoms. The fourth-order valence-corrected chi connectivity index (χ4v) is 2.22. The third-order valence-electron chi connectivity index (χ3n) is 3.71. The van der Waals surface area contributed by atoms with E-state index in [0.717, 1.165) is 0 Å². The highest BCUT2D eigenvalue weighted by Crippen LogP contribution is 2.28. The Hall–Kier alpha value is -3.46. The predicted octanol–water partition coefficient (Wildman–Crippen LogP) is 1.63. The zero-order valence-electron chi connectivity index (χ0n) is 16.1. The van der Waals surface area contributed by atoms with Crippen molar-refractivity contribution >= 4 is 18.0 Å². The summed E-state index contributed by atoms with van der Waals surface area (Å²) in [5, 5.41) is 6.11. The summed E-state index contributed by atoms with van der Waals surface area (Å²) in [6, 6.07) is 11.3. The van der Waals surface area contributed by atoms with Gasteiger partial charge in [0.2, 0.25) is 0 Å². The van der Waals surface area contributed by atoms with Crippen molar-refractivity contribution in [3.8, 4) is 11.5 Å². The number of rotatable bonds is 9. The van der Waals surface area contributed by atoms with Crippen molar-refractivity contribution in [1.82, 2.24) is 10.7 Å². The summed E-state index contributed by atoms with van der Waals surface area (Å²) in [6.07, 6.45) is 1.35. The molecule has 0 radical (unpaired) electrons. The van der Waals surface area contributed by atoms with Crippen LogP contribution in [0.15, 0.2) is 47.6 Å². The Kier molecular flexibility index (Phi) is 8.58. The van der Waals surface area contributed by atoms with Gasteiger partial charge in [-0.15, -0.1) is 0 Å². The molecule has 8 nitrogen and oxygen atoms in total. The van der Waals surface area contributed by atoms with E-state index in [4.69, 9.17) is 14.2 Å². The number of hydrogen-bond donors (Lipinski definition) is 2. The fraction of sp³-hybridized carbons (Fsp3) is 0.250. The van der Waals surface area contributed by atoms with Gasteiger partial charge in [-0.3, -0.25) is 9.59 Å². The third-order valence-corrected chi connectivity index (χ3v) is 3.71. The van der Waals surface area contributed by atoms with E-state index in [2.05, 4.69) is 15.8 Å². The molecule has 0 atom stereocenters. The molecule has 0 saturated carbocycles. The molecule has 9 heteroatoms. The summed E-state index contributed by atoms with van der Waals surface area (Å²) in [5.74, 6) is -1.22. The van der Waals surface area contributed by atoms with Gasteiger partial charge < -0.3 is 19.5 Å². The fourth-order valence-electron chi connectivity index (χ4n) is 2.22. The van der Waals surface area contributed by atoms with E-state index in [9.17, 15) is 14.0 Å². The molecule has 2 rings (SSSR count). The van der Waals surface area contributed by atoms with Gasteiger partial charge in [-0.05, 0) is 29.8 Å². The Morgan fingerprint density at radius 2 is 1.90 bits per heavy atom. The van der Waals surface area contributed by atoms with Crippen molar-refractivity contribution in [1.29, 1.82) is 0 Å². The van der Waals surface area contributed by atoms with Crippen LogP contribution in [0.4, 0.5) is 4.39 Å². The molecule has 0 fully saturated rings. The number of carbonyl (C=O) groups is 2. The first-order valence-electron chi connectivity index (χ1n) is 8.69. The smallest absolute Gasteiger partial charge is 0.329 e. The minimum atomic E-state index is -0.894. The summed E-state index contributed by atoms with van der Waals surface area (Å²) < 4.78 is 29.4. The van der Waals surface area contributed by atoms with Crippen molar-refractivity contribution < 1.29 is 28.2 Å². The Bertz CT molecular complexity index is 873. The minimum absolute atomic E-state index is 0.0463. The molecule has 0 aromatic heterocycles. The first-order chi connectivity index (χ1) is 14.0. The van der Waals surface area contributed by atoms with Crippen molar-refractivity contribution in [3.05, 3.63) is 59.4 Å². The molecule has 2 aromatic rings. The van der Waals surface area contributed by atoms with Crippen molar-refractivity contribution in [3.63, 3.8) is 0 Å². The quantitative estimate of drug-likeness (QED) is 0.287. The van der Waals surface area contributed by atoms with E-state index in [1.807, 2.05) is 0 Å². The lowest BCUT2D eigenvalue weighted by molar-refractivity contribution is -0.139. The number of benzene rings is 2. The maximum atomic E-state index is 13.7. The standard InChI is InChI=1S/C20H22FN3O5/c1-27-10-9-22-19(25)20(26)24-23-12-14-7-8-17(18(11-14)28-2)29-13-15-5-3-4-6-16(15)21/h3-8,11-12H,9-10,13H2,1-2H3,(H,22,25)(H,24,26)/b23-12-. The molecular formula is C20H22FN3O5. The van der Waals surface area contributed by atoms with E-state index in [0.29, 0.717) is 29.2 Å². The normalized spacial score (nSPS) is 10.6. The number of hydrazone groups is 1. The Morgan fingerprint density at radius 3 is 2.62 bits per heavy atom. The summed E-state index contributed by atoms with van der Waals surface area (Å²) in [4.78, 5) is 23.1. The topological polar surface area (TPSA) is 98.2 Å². The lowest BCUT2D eigenvalue weighted by atomic mass is 10.2. The number of hydrogen-bond acceptors (Lipinski definition) is 6. The molecule has 0 bridgehead atoms. The lowest BCUT2D eigenvalue weighted by Gasteiger charge is -2.11. The number of carbonyl (C=O) groups excluding carboxylic acids is 2. The van der Waals surface area contributed by atoms with Crippen LogP contribution >= 0.6 is 0 Å². The number of amides is 2. The molecule has 154 valence electrons. The minimum Gasteiger partial charge on any atom is -0.493 e. The largest absolute Gasteiger partial charge is 0.493 e. The van der Waals surface area contributed by atoms with Gasteiger partial charge in [0.25, 0.3) is 0 Å². The molecule has 0 aliphatic carbocycles. The van der Waals surface area contributed by atoms with Crippen LogP contribution in [0, 0.1) is 5.82 Å². The van der Waals surface area contributed by atoms with Gasteiger partial charge >= 0.3 is 11.8 Å². The number of nitrogens with zero attached hydrogens (tertiary/aromatic N) is 1. The van der Waals surface area contributed by atoms with Gasteiger partial charge in [-0.2, -0.15) is 5.10 Å².